The van der Waals surface area contributed by atoms with Gasteiger partial charge in [0.2, 0.25) is 5.91 Å². The molecule has 0 aromatic carbocycles. The summed E-state index contributed by atoms with van der Waals surface area (Å²) in [6.07, 6.45) is 2.17. The second-order valence-corrected chi connectivity index (χ2v) is 4.51. The van der Waals surface area contributed by atoms with Gasteiger partial charge in [0.15, 0.2) is 0 Å². The van der Waals surface area contributed by atoms with Crippen LogP contribution in [0, 0.1) is 12.8 Å². The van der Waals surface area contributed by atoms with E-state index in [-0.39, 0.29) is 5.91 Å². The second-order valence-electron chi connectivity index (χ2n) is 4.51. The molecule has 1 unspecified atom stereocenters. The molecule has 1 aromatic heterocycles. The molecule has 0 bridgehead atoms. The van der Waals surface area contributed by atoms with Crippen LogP contribution in [-0.2, 0) is 11.2 Å². The van der Waals surface area contributed by atoms with Crippen molar-refractivity contribution >= 4 is 5.91 Å². The van der Waals surface area contributed by atoms with E-state index >= 15 is 0 Å². The Morgan fingerprint density at radius 2 is 2.29 bits per heavy atom. The maximum atomic E-state index is 11.5. The van der Waals surface area contributed by atoms with E-state index in [0.29, 0.717) is 25.4 Å². The lowest BCUT2D eigenvalue weighted by atomic mass is 10.1. The number of nitrogens with two attached hydrogens (primary N) is 1. The van der Waals surface area contributed by atoms with Crippen molar-refractivity contribution in [3.05, 3.63) is 23.7 Å². The molecular formula is C13H22N2O2. The third-order valence-corrected chi connectivity index (χ3v) is 2.67. The summed E-state index contributed by atoms with van der Waals surface area (Å²) in [5, 5.41) is 2.88. The Balaban J connectivity index is 2.12. The number of nitrogens with one attached hydrogen (secondary N) is 1. The number of hydrogen-bond donors (Lipinski definition) is 2. The van der Waals surface area contributed by atoms with Crippen LogP contribution in [0.25, 0.3) is 0 Å². The lowest BCUT2D eigenvalue weighted by molar-refractivity contribution is -0.121. The molecule has 17 heavy (non-hydrogen) atoms. The van der Waals surface area contributed by atoms with Crippen LogP contribution in [0.1, 0.15) is 31.3 Å². The highest BCUT2D eigenvalue weighted by molar-refractivity contribution is 5.75. The van der Waals surface area contributed by atoms with E-state index in [1.165, 1.54) is 0 Å². The van der Waals surface area contributed by atoms with Crippen molar-refractivity contribution in [2.24, 2.45) is 11.7 Å². The van der Waals surface area contributed by atoms with Crippen LogP contribution in [0.15, 0.2) is 16.5 Å². The fraction of sp³-hybridized carbons (Fsp3) is 0.615. The minimum absolute atomic E-state index is 0.0913. The highest BCUT2D eigenvalue weighted by Crippen LogP contribution is 2.09. The zero-order chi connectivity index (χ0) is 12.7. The first-order valence-electron chi connectivity index (χ1n) is 6.14. The van der Waals surface area contributed by atoms with Crippen molar-refractivity contribution in [1.29, 1.82) is 0 Å². The summed E-state index contributed by atoms with van der Waals surface area (Å²) in [4.78, 5) is 11.5. The topological polar surface area (TPSA) is 68.3 Å². The minimum Gasteiger partial charge on any atom is -0.466 e. The van der Waals surface area contributed by atoms with Crippen molar-refractivity contribution < 1.29 is 9.21 Å². The molecule has 0 saturated heterocycles. The molecule has 1 rings (SSSR count). The van der Waals surface area contributed by atoms with Crippen LogP contribution >= 0.6 is 0 Å². The molecular weight excluding hydrogens is 216 g/mol. The lowest BCUT2D eigenvalue weighted by Crippen LogP contribution is -2.31. The Labute approximate surface area is 103 Å². The number of carbonyl (C=O) groups is 1. The Bertz CT molecular complexity index is 347. The molecule has 96 valence electrons. The summed E-state index contributed by atoms with van der Waals surface area (Å²) in [6.45, 7) is 5.21. The van der Waals surface area contributed by atoms with Crippen LogP contribution < -0.4 is 11.1 Å². The smallest absolute Gasteiger partial charge is 0.220 e. The van der Waals surface area contributed by atoms with Crippen LogP contribution in [0.2, 0.25) is 0 Å². The van der Waals surface area contributed by atoms with Gasteiger partial charge in [0.25, 0.3) is 0 Å². The van der Waals surface area contributed by atoms with E-state index in [0.717, 1.165) is 24.4 Å². The Morgan fingerprint density at radius 1 is 1.53 bits per heavy atom. The maximum absolute atomic E-state index is 11.5. The van der Waals surface area contributed by atoms with Crippen LogP contribution in [0.3, 0.4) is 0 Å². The van der Waals surface area contributed by atoms with E-state index in [2.05, 4.69) is 5.32 Å². The fourth-order valence-electron chi connectivity index (χ4n) is 1.50. The molecule has 0 aliphatic rings. The largest absolute Gasteiger partial charge is 0.466 e. The van der Waals surface area contributed by atoms with Gasteiger partial charge in [-0.1, -0.05) is 6.92 Å². The van der Waals surface area contributed by atoms with Gasteiger partial charge >= 0.3 is 0 Å². The standard InChI is InChI=1S/C13H22N2O2/c1-10(8-14)9-15-13(16)5-3-4-12-7-6-11(2)17-12/h6-7,10H,3-5,8-9,14H2,1-2H3,(H,15,16). The molecule has 1 heterocycles. The molecule has 0 radical (unpaired) electrons. The van der Waals surface area contributed by atoms with Gasteiger partial charge in [0, 0.05) is 19.4 Å². The molecule has 4 heteroatoms. The SMILES string of the molecule is Cc1ccc(CCCC(=O)NCC(C)CN)o1. The van der Waals surface area contributed by atoms with Crippen LogP contribution in [0.5, 0.6) is 0 Å². The Hall–Kier alpha value is -1.29. The number of hydrogen-bond acceptors (Lipinski definition) is 3. The summed E-state index contributed by atoms with van der Waals surface area (Å²) in [5.41, 5.74) is 5.47. The van der Waals surface area contributed by atoms with Crippen molar-refractivity contribution in [1.82, 2.24) is 5.32 Å². The molecule has 0 spiro atoms. The molecule has 3 N–H and O–H groups in total. The third kappa shape index (κ3) is 5.54. The monoisotopic (exact) mass is 238 g/mol. The van der Waals surface area contributed by atoms with Crippen molar-refractivity contribution in [2.45, 2.75) is 33.1 Å². The predicted molar refractivity (Wildman–Crippen MR) is 67.6 cm³/mol. The van der Waals surface area contributed by atoms with Gasteiger partial charge in [0.05, 0.1) is 0 Å². The molecule has 0 aliphatic heterocycles. The second kappa shape index (κ2) is 7.12. The molecule has 0 aliphatic carbocycles. The summed E-state index contributed by atoms with van der Waals surface area (Å²) in [6, 6.07) is 3.90. The van der Waals surface area contributed by atoms with Gasteiger partial charge in [-0.3, -0.25) is 4.79 Å². The molecule has 1 atom stereocenters. The first kappa shape index (κ1) is 13.8. The fourth-order valence-corrected chi connectivity index (χ4v) is 1.50. The molecule has 0 saturated carbocycles. The third-order valence-electron chi connectivity index (χ3n) is 2.67. The average molecular weight is 238 g/mol. The number of rotatable bonds is 7. The highest BCUT2D eigenvalue weighted by atomic mass is 16.3. The summed E-state index contributed by atoms with van der Waals surface area (Å²) >= 11 is 0. The van der Waals surface area contributed by atoms with E-state index in [4.69, 9.17) is 10.2 Å². The van der Waals surface area contributed by atoms with Crippen molar-refractivity contribution in [3.63, 3.8) is 0 Å². The van der Waals surface area contributed by atoms with E-state index < -0.39 is 0 Å². The first-order valence-corrected chi connectivity index (χ1v) is 6.14. The zero-order valence-electron chi connectivity index (χ0n) is 10.7. The molecule has 1 amide bonds. The van der Waals surface area contributed by atoms with Gasteiger partial charge in [-0.2, -0.15) is 0 Å². The van der Waals surface area contributed by atoms with Gasteiger partial charge < -0.3 is 15.5 Å². The van der Waals surface area contributed by atoms with Crippen molar-refractivity contribution in [3.8, 4) is 0 Å². The predicted octanol–water partition coefficient (Wildman–Crippen LogP) is 1.62. The van der Waals surface area contributed by atoms with Crippen molar-refractivity contribution in [2.75, 3.05) is 13.1 Å². The quantitative estimate of drug-likeness (QED) is 0.758. The van der Waals surface area contributed by atoms with Gasteiger partial charge in [-0.15, -0.1) is 0 Å². The summed E-state index contributed by atoms with van der Waals surface area (Å²) in [7, 11) is 0. The zero-order valence-corrected chi connectivity index (χ0v) is 10.7. The minimum atomic E-state index is 0.0913. The van der Waals surface area contributed by atoms with Crippen LogP contribution in [0.4, 0.5) is 0 Å². The molecule has 1 aromatic rings. The Morgan fingerprint density at radius 3 is 2.88 bits per heavy atom. The number of aryl methyl sites for hydroxylation is 2. The first-order chi connectivity index (χ1) is 8.11. The van der Waals surface area contributed by atoms with E-state index in [1.807, 2.05) is 26.0 Å². The summed E-state index contributed by atoms with van der Waals surface area (Å²) in [5.74, 6) is 2.30. The average Bonchev–Trinajstić information content (AvgIpc) is 2.72. The van der Waals surface area contributed by atoms with Gasteiger partial charge in [0.1, 0.15) is 11.5 Å². The number of furan rings is 1. The lowest BCUT2D eigenvalue weighted by Gasteiger charge is -2.09. The number of amides is 1. The molecule has 4 nitrogen and oxygen atoms in total. The van der Waals surface area contributed by atoms with Gasteiger partial charge in [-0.25, -0.2) is 0 Å². The maximum Gasteiger partial charge on any atom is 0.220 e. The van der Waals surface area contributed by atoms with E-state index in [1.54, 1.807) is 0 Å². The summed E-state index contributed by atoms with van der Waals surface area (Å²) < 4.78 is 5.43. The number of carbonyl (C=O) groups excluding carboxylic acids is 1. The van der Waals surface area contributed by atoms with Gasteiger partial charge in [-0.05, 0) is 37.9 Å². The van der Waals surface area contributed by atoms with E-state index in [9.17, 15) is 4.79 Å². The highest BCUT2D eigenvalue weighted by Gasteiger charge is 2.05. The van der Waals surface area contributed by atoms with Crippen LogP contribution in [-0.4, -0.2) is 19.0 Å². The Kier molecular flexibility index (Phi) is 5.77. The normalized spacial score (nSPS) is 12.4. The molecule has 0 fully saturated rings.